The molecule has 2 N–H and O–H groups in total. The van der Waals surface area contributed by atoms with Crippen LogP contribution < -0.4 is 10.5 Å². The van der Waals surface area contributed by atoms with Crippen LogP contribution in [-0.2, 0) is 28.7 Å². The third-order valence-corrected chi connectivity index (χ3v) is 5.47. The molecule has 0 fully saturated rings. The Balaban J connectivity index is 2.31. The molecule has 0 radical (unpaired) electrons. The van der Waals surface area contributed by atoms with E-state index in [0.29, 0.717) is 16.3 Å². The van der Waals surface area contributed by atoms with Crippen molar-refractivity contribution in [2.24, 2.45) is 5.73 Å². The normalized spacial score (nSPS) is 12.8. The first-order chi connectivity index (χ1) is 15.6. The Hall–Kier alpha value is -3.10. The van der Waals surface area contributed by atoms with E-state index in [4.69, 9.17) is 15.2 Å². The number of rotatable bonds is 7. The number of fused-ring (bicyclic) bond motifs is 1. The quantitative estimate of drug-likeness (QED) is 0.521. The molecule has 176 valence electrons. The van der Waals surface area contributed by atoms with Crippen molar-refractivity contribution in [3.8, 4) is 16.9 Å². The first-order valence-electron chi connectivity index (χ1n) is 10.3. The van der Waals surface area contributed by atoms with Crippen LogP contribution in [0.25, 0.3) is 21.9 Å². The van der Waals surface area contributed by atoms with Gasteiger partial charge in [-0.3, -0.25) is 4.79 Å². The Labute approximate surface area is 190 Å². The Bertz CT molecular complexity index is 1160. The van der Waals surface area contributed by atoms with Crippen LogP contribution in [-0.4, -0.2) is 45.2 Å². The molecular weight excluding hydrogens is 433 g/mol. The molecule has 3 rings (SSSR count). The molecule has 5 nitrogen and oxygen atoms in total. The molecule has 1 atom stereocenters. The van der Waals surface area contributed by atoms with E-state index >= 15 is 0 Å². The van der Waals surface area contributed by atoms with Gasteiger partial charge in [0.25, 0.3) is 0 Å². The van der Waals surface area contributed by atoms with Crippen molar-refractivity contribution >= 4 is 16.7 Å². The van der Waals surface area contributed by atoms with E-state index in [1.165, 1.54) is 20.3 Å². The third kappa shape index (κ3) is 5.12. The van der Waals surface area contributed by atoms with Crippen LogP contribution in [0.15, 0.2) is 48.5 Å². The van der Waals surface area contributed by atoms with Crippen molar-refractivity contribution in [1.29, 1.82) is 0 Å². The van der Waals surface area contributed by atoms with E-state index < -0.39 is 23.8 Å². The smallest absolute Gasteiger partial charge is 0.417 e. The fourth-order valence-electron chi connectivity index (χ4n) is 4.10. The maximum Gasteiger partial charge on any atom is 0.417 e. The Morgan fingerprint density at radius 1 is 1.00 bits per heavy atom. The standard InChI is InChI=1S/C25H27F3N2O3/c1-30(2)14-16-11-12-21(32-3)22(23(16)25(26,27)28)19-10-6-8-17-15(7-5-9-18(17)19)13-20(29)24(31)33-4/h5-12,20H,13-14,29H2,1-4H3/t20-/m0/s1. The summed E-state index contributed by atoms with van der Waals surface area (Å²) in [5.41, 5.74) is 6.50. The number of carbonyl (C=O) groups is 1. The first kappa shape index (κ1) is 24.5. The summed E-state index contributed by atoms with van der Waals surface area (Å²) in [4.78, 5) is 13.5. The Morgan fingerprint density at radius 2 is 1.67 bits per heavy atom. The topological polar surface area (TPSA) is 64.8 Å². The number of methoxy groups -OCH3 is 2. The van der Waals surface area contributed by atoms with Crippen molar-refractivity contribution in [2.45, 2.75) is 25.2 Å². The zero-order valence-electron chi connectivity index (χ0n) is 19.0. The van der Waals surface area contributed by atoms with Gasteiger partial charge < -0.3 is 20.1 Å². The minimum absolute atomic E-state index is 0.00985. The average molecular weight is 460 g/mol. The maximum absolute atomic E-state index is 14.4. The van der Waals surface area contributed by atoms with Gasteiger partial charge in [-0.2, -0.15) is 13.2 Å². The third-order valence-electron chi connectivity index (χ3n) is 5.47. The molecule has 33 heavy (non-hydrogen) atoms. The molecule has 0 aliphatic rings. The summed E-state index contributed by atoms with van der Waals surface area (Å²) in [6, 6.07) is 12.6. The largest absolute Gasteiger partial charge is 0.496 e. The van der Waals surface area contributed by atoms with E-state index in [9.17, 15) is 18.0 Å². The molecular formula is C25H27F3N2O3. The highest BCUT2D eigenvalue weighted by molar-refractivity contribution is 6.01. The summed E-state index contributed by atoms with van der Waals surface area (Å²) in [6.45, 7) is 0.121. The molecule has 8 heteroatoms. The number of hydrogen-bond donors (Lipinski definition) is 1. The molecule has 0 bridgehead atoms. The highest BCUT2D eigenvalue weighted by Crippen LogP contribution is 2.46. The second-order valence-electron chi connectivity index (χ2n) is 8.06. The van der Waals surface area contributed by atoms with E-state index in [1.807, 2.05) is 6.07 Å². The lowest BCUT2D eigenvalue weighted by Gasteiger charge is -2.23. The number of alkyl halides is 3. The summed E-state index contributed by atoms with van der Waals surface area (Å²) in [5.74, 6) is -0.422. The molecule has 0 aliphatic heterocycles. The number of nitrogens with zero attached hydrogens (tertiary/aromatic N) is 1. The molecule has 0 saturated heterocycles. The molecule has 0 unspecified atom stereocenters. The predicted molar refractivity (Wildman–Crippen MR) is 122 cm³/mol. The van der Waals surface area contributed by atoms with Crippen molar-refractivity contribution in [1.82, 2.24) is 4.90 Å². The molecule has 0 amide bonds. The fraction of sp³-hybridized carbons (Fsp3) is 0.320. The molecule has 0 aliphatic carbocycles. The number of nitrogens with two attached hydrogens (primary N) is 1. The van der Waals surface area contributed by atoms with Crippen LogP contribution >= 0.6 is 0 Å². The molecule has 3 aromatic carbocycles. The van der Waals surface area contributed by atoms with Gasteiger partial charge in [0.2, 0.25) is 0 Å². The van der Waals surface area contributed by atoms with Crippen molar-refractivity contribution in [3.63, 3.8) is 0 Å². The lowest BCUT2D eigenvalue weighted by atomic mass is 9.88. The number of hydrogen-bond acceptors (Lipinski definition) is 5. The van der Waals surface area contributed by atoms with Gasteiger partial charge in [-0.25, -0.2) is 0 Å². The van der Waals surface area contributed by atoms with Gasteiger partial charge >= 0.3 is 12.1 Å². The van der Waals surface area contributed by atoms with Crippen LogP contribution in [0, 0.1) is 0 Å². The summed E-state index contributed by atoms with van der Waals surface area (Å²) < 4.78 is 53.3. The van der Waals surface area contributed by atoms with Gasteiger partial charge in [0, 0.05) is 12.1 Å². The van der Waals surface area contributed by atoms with Crippen LogP contribution in [0.4, 0.5) is 13.2 Å². The van der Waals surface area contributed by atoms with E-state index in [2.05, 4.69) is 0 Å². The highest BCUT2D eigenvalue weighted by atomic mass is 19.4. The summed E-state index contributed by atoms with van der Waals surface area (Å²) >= 11 is 0. The van der Waals surface area contributed by atoms with Gasteiger partial charge in [0.15, 0.2) is 0 Å². The van der Waals surface area contributed by atoms with E-state index in [1.54, 1.807) is 55.4 Å². The Morgan fingerprint density at radius 3 is 2.27 bits per heavy atom. The molecule has 0 saturated carbocycles. The lowest BCUT2D eigenvalue weighted by Crippen LogP contribution is -2.33. The maximum atomic E-state index is 14.4. The summed E-state index contributed by atoms with van der Waals surface area (Å²) in [6.07, 6.45) is -4.40. The molecule has 3 aromatic rings. The predicted octanol–water partition coefficient (Wildman–Crippen LogP) is 4.64. The number of halogens is 3. The fourth-order valence-corrected chi connectivity index (χ4v) is 4.10. The van der Waals surface area contributed by atoms with Gasteiger partial charge in [-0.1, -0.05) is 42.5 Å². The first-order valence-corrected chi connectivity index (χ1v) is 10.3. The van der Waals surface area contributed by atoms with Crippen molar-refractivity contribution < 1.29 is 27.4 Å². The second kappa shape index (κ2) is 9.80. The van der Waals surface area contributed by atoms with Crippen molar-refractivity contribution in [3.05, 3.63) is 65.2 Å². The summed E-state index contributed by atoms with van der Waals surface area (Å²) in [7, 11) is 6.06. The van der Waals surface area contributed by atoms with E-state index in [0.717, 1.165) is 5.56 Å². The van der Waals surface area contributed by atoms with Gasteiger partial charge in [0.05, 0.1) is 19.8 Å². The minimum Gasteiger partial charge on any atom is -0.496 e. The highest BCUT2D eigenvalue weighted by Gasteiger charge is 2.38. The van der Waals surface area contributed by atoms with Gasteiger partial charge in [-0.05, 0) is 54.0 Å². The average Bonchev–Trinajstić information content (AvgIpc) is 2.76. The summed E-state index contributed by atoms with van der Waals surface area (Å²) in [5, 5.41) is 1.32. The zero-order chi connectivity index (χ0) is 24.3. The van der Waals surface area contributed by atoms with Crippen LogP contribution in [0.3, 0.4) is 0 Å². The number of ether oxygens (including phenoxy) is 2. The van der Waals surface area contributed by atoms with Gasteiger partial charge in [0.1, 0.15) is 11.8 Å². The minimum atomic E-state index is -4.60. The molecule has 0 heterocycles. The van der Waals surface area contributed by atoms with Crippen molar-refractivity contribution in [2.75, 3.05) is 28.3 Å². The Kier molecular flexibility index (Phi) is 7.29. The lowest BCUT2D eigenvalue weighted by molar-refractivity contribution is -0.142. The zero-order valence-corrected chi connectivity index (χ0v) is 19.0. The van der Waals surface area contributed by atoms with Crippen LogP contribution in [0.5, 0.6) is 5.75 Å². The SMILES string of the molecule is COC(=O)[C@@H](N)Cc1cccc2c(-c3c(OC)ccc(CN(C)C)c3C(F)(F)F)cccc12. The molecule has 0 spiro atoms. The van der Waals surface area contributed by atoms with Crippen LogP contribution in [0.1, 0.15) is 16.7 Å². The number of carbonyl (C=O) groups excluding carboxylic acids is 1. The van der Waals surface area contributed by atoms with Gasteiger partial charge in [-0.15, -0.1) is 0 Å². The number of benzene rings is 3. The second-order valence-corrected chi connectivity index (χ2v) is 8.06. The van der Waals surface area contributed by atoms with Crippen LogP contribution in [0.2, 0.25) is 0 Å². The van der Waals surface area contributed by atoms with E-state index in [-0.39, 0.29) is 29.8 Å². The monoisotopic (exact) mass is 460 g/mol. The number of esters is 1. The molecule has 0 aromatic heterocycles.